The first-order valence-corrected chi connectivity index (χ1v) is 18.0. The molecule has 3 aromatic carbocycles. The van der Waals surface area contributed by atoms with Crippen LogP contribution in [0.1, 0.15) is 56.0 Å². The van der Waals surface area contributed by atoms with Gasteiger partial charge in [0, 0.05) is 37.8 Å². The maximum absolute atomic E-state index is 14.4. The summed E-state index contributed by atoms with van der Waals surface area (Å²) in [5.74, 6) is 1.38. The van der Waals surface area contributed by atoms with E-state index in [0.29, 0.717) is 32.0 Å². The number of hydrogen-bond donors (Lipinski definition) is 2. The van der Waals surface area contributed by atoms with Gasteiger partial charge in [0.25, 0.3) is 15.9 Å². The van der Waals surface area contributed by atoms with Gasteiger partial charge < -0.3 is 29.0 Å². The zero-order valence-electron chi connectivity index (χ0n) is 28.1. The van der Waals surface area contributed by atoms with Gasteiger partial charge in [-0.3, -0.25) is 14.4 Å². The molecular weight excluding hydrogens is 634 g/mol. The van der Waals surface area contributed by atoms with Gasteiger partial charge in [0.15, 0.2) is 11.5 Å². The Bertz CT molecular complexity index is 1640. The van der Waals surface area contributed by atoms with Gasteiger partial charge in [-0.15, -0.1) is 0 Å². The van der Waals surface area contributed by atoms with Gasteiger partial charge in [-0.05, 0) is 88.2 Å². The standard InChI is InChI=1S/C36H47N3O8S/c1-25-20-39(26(2)23-40)36(41)31-19-29(37-48(42,43)30-11-6-5-7-12-30)14-16-32(31)47-27(3)10-8-9-17-44-35(25)22-38(4)21-28-13-15-33-34(18-28)46-24-45-33/h5-7,11-16,18-19,25-27,35,37,40H,8-10,17,20-24H2,1-4H3/t25-,26+,27-,35+/m1/s1. The molecule has 2 heterocycles. The van der Waals surface area contributed by atoms with Gasteiger partial charge in [0.2, 0.25) is 6.79 Å². The van der Waals surface area contributed by atoms with Crippen LogP contribution in [-0.2, 0) is 21.3 Å². The molecule has 5 rings (SSSR count). The number of rotatable bonds is 9. The van der Waals surface area contributed by atoms with Crippen molar-refractivity contribution >= 4 is 21.6 Å². The van der Waals surface area contributed by atoms with Crippen molar-refractivity contribution in [3.05, 3.63) is 77.9 Å². The number of anilines is 1. The van der Waals surface area contributed by atoms with E-state index in [1.807, 2.05) is 32.2 Å². The highest BCUT2D eigenvalue weighted by Crippen LogP contribution is 2.33. The number of benzene rings is 3. The van der Waals surface area contributed by atoms with Gasteiger partial charge in [0.05, 0.1) is 35.3 Å². The molecule has 0 spiro atoms. The highest BCUT2D eigenvalue weighted by Gasteiger charge is 2.31. The highest BCUT2D eigenvalue weighted by molar-refractivity contribution is 7.92. The number of nitrogens with one attached hydrogen (secondary N) is 1. The Hall–Kier alpha value is -3.84. The van der Waals surface area contributed by atoms with Crippen molar-refractivity contribution in [3.8, 4) is 17.2 Å². The SMILES string of the molecule is C[C@@H]1CCCCO[C@@H](CN(C)Cc2ccc3c(c2)OCO3)[C@H](C)CN([C@@H](C)CO)C(=O)c2cc(NS(=O)(=O)c3ccccc3)ccc2O1. The number of ether oxygens (including phenoxy) is 4. The lowest BCUT2D eigenvalue weighted by Crippen LogP contribution is -2.47. The monoisotopic (exact) mass is 681 g/mol. The summed E-state index contributed by atoms with van der Waals surface area (Å²) in [4.78, 5) is 18.3. The van der Waals surface area contributed by atoms with Gasteiger partial charge in [-0.25, -0.2) is 8.42 Å². The molecule has 2 aliphatic rings. The first-order chi connectivity index (χ1) is 23.0. The van der Waals surface area contributed by atoms with Crippen LogP contribution in [0, 0.1) is 5.92 Å². The number of aliphatic hydroxyl groups excluding tert-OH is 1. The third-order valence-corrected chi connectivity index (χ3v) is 10.1. The molecule has 0 unspecified atom stereocenters. The molecule has 0 saturated carbocycles. The van der Waals surface area contributed by atoms with Crippen LogP contribution in [0.15, 0.2) is 71.6 Å². The summed E-state index contributed by atoms with van der Waals surface area (Å²) in [5, 5.41) is 10.3. The van der Waals surface area contributed by atoms with Gasteiger partial charge in [-0.2, -0.15) is 0 Å². The van der Waals surface area contributed by atoms with Crippen molar-refractivity contribution < 1.29 is 37.3 Å². The van der Waals surface area contributed by atoms with Crippen molar-refractivity contribution in [3.63, 3.8) is 0 Å². The van der Waals surface area contributed by atoms with Crippen LogP contribution in [0.3, 0.4) is 0 Å². The fourth-order valence-electron chi connectivity index (χ4n) is 5.99. The molecule has 260 valence electrons. The number of hydrogen-bond acceptors (Lipinski definition) is 9. The Kier molecular flexibility index (Phi) is 11.9. The molecule has 2 N–H and O–H groups in total. The largest absolute Gasteiger partial charge is 0.490 e. The number of aliphatic hydroxyl groups is 1. The Labute approximate surface area is 283 Å². The van der Waals surface area contributed by atoms with E-state index in [4.69, 9.17) is 18.9 Å². The number of likely N-dealkylation sites (N-methyl/N-ethyl adjacent to an activating group) is 1. The summed E-state index contributed by atoms with van der Waals surface area (Å²) in [7, 11) is -1.85. The molecule has 1 amide bonds. The van der Waals surface area contributed by atoms with Crippen molar-refractivity contribution in [2.75, 3.05) is 44.9 Å². The molecule has 4 atom stereocenters. The second-order valence-electron chi connectivity index (χ2n) is 12.8. The molecular formula is C36H47N3O8S. The summed E-state index contributed by atoms with van der Waals surface area (Å²) < 4.78 is 52.7. The zero-order chi connectivity index (χ0) is 34.3. The smallest absolute Gasteiger partial charge is 0.261 e. The van der Waals surface area contributed by atoms with Crippen molar-refractivity contribution in [1.29, 1.82) is 0 Å². The molecule has 0 saturated heterocycles. The predicted molar refractivity (Wildman–Crippen MR) is 183 cm³/mol. The third-order valence-electron chi connectivity index (χ3n) is 8.74. The summed E-state index contributed by atoms with van der Waals surface area (Å²) in [5.41, 5.74) is 1.54. The van der Waals surface area contributed by atoms with E-state index >= 15 is 0 Å². The van der Waals surface area contributed by atoms with E-state index in [1.54, 1.807) is 42.2 Å². The number of nitrogens with zero attached hydrogens (tertiary/aromatic N) is 2. The fourth-order valence-corrected chi connectivity index (χ4v) is 7.06. The van der Waals surface area contributed by atoms with Crippen molar-refractivity contribution in [2.45, 2.75) is 69.7 Å². The Morgan fingerprint density at radius 1 is 1.00 bits per heavy atom. The van der Waals surface area contributed by atoms with Gasteiger partial charge in [0.1, 0.15) is 5.75 Å². The number of carbonyl (C=O) groups excluding carboxylic acids is 1. The van der Waals surface area contributed by atoms with Crippen LogP contribution in [-0.4, -0.2) is 87.6 Å². The van der Waals surface area contributed by atoms with E-state index in [1.165, 1.54) is 18.2 Å². The average Bonchev–Trinajstić information content (AvgIpc) is 3.54. The van der Waals surface area contributed by atoms with Crippen LogP contribution < -0.4 is 18.9 Å². The molecule has 0 aliphatic carbocycles. The quantitative estimate of drug-likeness (QED) is 0.316. The highest BCUT2D eigenvalue weighted by atomic mass is 32.2. The van der Waals surface area contributed by atoms with E-state index < -0.39 is 16.1 Å². The van der Waals surface area contributed by atoms with Crippen LogP contribution >= 0.6 is 0 Å². The van der Waals surface area contributed by atoms with Crippen LogP contribution in [0.2, 0.25) is 0 Å². The minimum Gasteiger partial charge on any atom is -0.490 e. The van der Waals surface area contributed by atoms with E-state index in [9.17, 15) is 18.3 Å². The molecule has 0 fully saturated rings. The summed E-state index contributed by atoms with van der Waals surface area (Å²) >= 11 is 0. The second kappa shape index (κ2) is 16.0. The van der Waals surface area contributed by atoms with E-state index in [2.05, 4.69) is 16.5 Å². The molecule has 11 nitrogen and oxygen atoms in total. The predicted octanol–water partition coefficient (Wildman–Crippen LogP) is 5.14. The third kappa shape index (κ3) is 8.98. The molecule has 48 heavy (non-hydrogen) atoms. The Morgan fingerprint density at radius 3 is 2.52 bits per heavy atom. The topological polar surface area (TPSA) is 127 Å². The maximum atomic E-state index is 14.4. The molecule has 3 aromatic rings. The summed E-state index contributed by atoms with van der Waals surface area (Å²) in [6.07, 6.45) is 2.08. The number of fused-ring (bicyclic) bond motifs is 2. The molecule has 12 heteroatoms. The Balaban J connectivity index is 1.40. The van der Waals surface area contributed by atoms with Crippen LogP contribution in [0.25, 0.3) is 0 Å². The molecule has 0 aromatic heterocycles. The average molecular weight is 682 g/mol. The minimum atomic E-state index is -3.90. The summed E-state index contributed by atoms with van der Waals surface area (Å²) in [6.45, 7) is 7.94. The van der Waals surface area contributed by atoms with Crippen LogP contribution in [0.4, 0.5) is 5.69 Å². The van der Waals surface area contributed by atoms with E-state index in [-0.39, 0.29) is 53.6 Å². The van der Waals surface area contributed by atoms with Crippen molar-refractivity contribution in [2.24, 2.45) is 5.92 Å². The van der Waals surface area contributed by atoms with Crippen molar-refractivity contribution in [1.82, 2.24) is 9.80 Å². The van der Waals surface area contributed by atoms with E-state index in [0.717, 1.165) is 36.3 Å². The van der Waals surface area contributed by atoms with Gasteiger partial charge in [-0.1, -0.05) is 31.2 Å². The lowest BCUT2D eigenvalue weighted by Gasteiger charge is -2.36. The molecule has 0 bridgehead atoms. The first kappa shape index (κ1) is 35.5. The van der Waals surface area contributed by atoms with Crippen LogP contribution in [0.5, 0.6) is 17.2 Å². The summed E-state index contributed by atoms with van der Waals surface area (Å²) in [6, 6.07) is 18.3. The lowest BCUT2D eigenvalue weighted by molar-refractivity contribution is -0.0177. The Morgan fingerprint density at radius 2 is 1.75 bits per heavy atom. The normalized spacial score (nSPS) is 21.2. The molecule has 0 radical (unpaired) electrons. The number of carbonyl (C=O) groups is 1. The fraction of sp³-hybridized carbons (Fsp3) is 0.472. The zero-order valence-corrected chi connectivity index (χ0v) is 28.9. The minimum absolute atomic E-state index is 0.104. The van der Waals surface area contributed by atoms with Gasteiger partial charge >= 0.3 is 0 Å². The first-order valence-electron chi connectivity index (χ1n) is 16.5. The lowest BCUT2D eigenvalue weighted by atomic mass is 10.0. The second-order valence-corrected chi connectivity index (χ2v) is 14.5. The maximum Gasteiger partial charge on any atom is 0.261 e. The number of sulfonamides is 1. The number of amides is 1. The molecule has 2 aliphatic heterocycles.